The van der Waals surface area contributed by atoms with Crippen molar-refractivity contribution in [2.75, 3.05) is 0 Å². The van der Waals surface area contributed by atoms with Crippen molar-refractivity contribution >= 4 is 50.7 Å². The molecule has 0 bridgehead atoms. The molecule has 29 heavy (non-hydrogen) atoms. The van der Waals surface area contributed by atoms with Crippen molar-refractivity contribution < 1.29 is 4.42 Å². The molecule has 0 fully saturated rings. The molecule has 2 heteroatoms. The van der Waals surface area contributed by atoms with E-state index >= 15 is 0 Å². The number of nitrogens with zero attached hydrogens (tertiary/aromatic N) is 1. The summed E-state index contributed by atoms with van der Waals surface area (Å²) in [5.41, 5.74) is 10.1. The number of hydrogen-bond donors (Lipinski definition) is 0. The van der Waals surface area contributed by atoms with Gasteiger partial charge in [-0.05, 0) is 60.5 Å². The lowest BCUT2D eigenvalue weighted by Crippen LogP contribution is -2.18. The van der Waals surface area contributed by atoms with Crippen LogP contribution < -0.4 is 10.6 Å². The minimum absolute atomic E-state index is 0.863. The molecule has 2 aromatic heterocycles. The quantitative estimate of drug-likeness (QED) is 0.374. The summed E-state index contributed by atoms with van der Waals surface area (Å²) in [7, 11) is 0. The smallest absolute Gasteiger partial charge is 0.143 e. The largest absolute Gasteiger partial charge is 0.455 e. The van der Waals surface area contributed by atoms with E-state index < -0.39 is 0 Å². The molecule has 3 aromatic carbocycles. The highest BCUT2D eigenvalue weighted by Crippen LogP contribution is 2.32. The second-order valence-electron chi connectivity index (χ2n) is 7.47. The Hall–Kier alpha value is -3.74. The van der Waals surface area contributed by atoms with E-state index in [0.29, 0.717) is 0 Å². The van der Waals surface area contributed by atoms with Crippen LogP contribution in [0.15, 0.2) is 77.2 Å². The van der Waals surface area contributed by atoms with Crippen molar-refractivity contribution in [2.45, 2.75) is 13.5 Å². The number of benzene rings is 3. The average Bonchev–Trinajstić information content (AvgIpc) is 3.19. The molecule has 138 valence electrons. The molecule has 0 N–H and O–H groups in total. The summed E-state index contributed by atoms with van der Waals surface area (Å²) >= 11 is 0. The fourth-order valence-corrected chi connectivity index (χ4v) is 4.39. The highest BCUT2D eigenvalue weighted by Gasteiger charge is 2.13. The Morgan fingerprint density at radius 2 is 1.72 bits per heavy atom. The van der Waals surface area contributed by atoms with Gasteiger partial charge in [0.05, 0.1) is 10.7 Å². The van der Waals surface area contributed by atoms with E-state index in [9.17, 15) is 0 Å². The molecular weight excluding hydrogens is 354 g/mol. The Kier molecular flexibility index (Phi) is 3.43. The number of aromatic nitrogens is 1. The molecule has 2 nitrogen and oxygen atoms in total. The van der Waals surface area contributed by atoms with E-state index in [2.05, 4.69) is 84.0 Å². The number of furan rings is 1. The second kappa shape index (κ2) is 6.13. The summed E-state index contributed by atoms with van der Waals surface area (Å²) in [4.78, 5) is 0. The lowest BCUT2D eigenvalue weighted by molar-refractivity contribution is 0.575. The van der Waals surface area contributed by atoms with Crippen LogP contribution in [0.25, 0.3) is 50.7 Å². The van der Waals surface area contributed by atoms with Crippen LogP contribution in [-0.2, 0) is 6.54 Å². The van der Waals surface area contributed by atoms with Crippen molar-refractivity contribution in [1.82, 2.24) is 4.57 Å². The molecular formula is C27H19NO. The first-order chi connectivity index (χ1) is 14.3. The monoisotopic (exact) mass is 373 g/mol. The molecule has 1 aliphatic rings. The number of allylic oxidation sites excluding steroid dienone is 2. The van der Waals surface area contributed by atoms with Crippen molar-refractivity contribution in [3.05, 3.63) is 94.6 Å². The maximum Gasteiger partial charge on any atom is 0.143 e. The number of fused-ring (bicyclic) bond motifs is 7. The summed E-state index contributed by atoms with van der Waals surface area (Å²) in [6.45, 7) is 2.93. The van der Waals surface area contributed by atoms with Gasteiger partial charge < -0.3 is 8.98 Å². The third kappa shape index (κ3) is 2.37. The van der Waals surface area contributed by atoms with Gasteiger partial charge in [0.15, 0.2) is 0 Å². The van der Waals surface area contributed by atoms with Crippen LogP contribution in [0.2, 0.25) is 0 Å². The molecule has 0 unspecified atom stereocenters. The van der Waals surface area contributed by atoms with Gasteiger partial charge in [-0.25, -0.2) is 0 Å². The fraction of sp³-hybridized carbons (Fsp3) is 0.0741. The van der Waals surface area contributed by atoms with Gasteiger partial charge in [0, 0.05) is 28.2 Å². The lowest BCUT2D eigenvalue weighted by Gasteiger charge is -2.06. The SMILES string of the molecule is C/C=C\Cn1c2ccccc2c2cc3c(cc21)C=C=c1c(oc2ccccc12)=C3. The Morgan fingerprint density at radius 1 is 0.897 bits per heavy atom. The molecule has 0 spiro atoms. The molecule has 6 rings (SSSR count). The minimum Gasteiger partial charge on any atom is -0.455 e. The molecule has 1 aliphatic carbocycles. The van der Waals surface area contributed by atoms with Crippen molar-refractivity contribution in [1.29, 1.82) is 0 Å². The summed E-state index contributed by atoms with van der Waals surface area (Å²) in [6.07, 6.45) is 8.55. The van der Waals surface area contributed by atoms with E-state index in [4.69, 9.17) is 4.42 Å². The van der Waals surface area contributed by atoms with Gasteiger partial charge in [-0.1, -0.05) is 42.5 Å². The molecule has 5 aromatic rings. The standard InChI is InChI=1S/C27H19NO/c1-2-3-14-28-24-10-6-4-8-20(24)23-15-19-17-27-22(13-12-18(19)16-25(23)28)21-9-5-7-11-26(21)29-27/h2-12,15-17H,14H2,1H3/b3-2-. The molecule has 0 saturated heterocycles. The highest BCUT2D eigenvalue weighted by atomic mass is 16.3. The topological polar surface area (TPSA) is 18.1 Å². The zero-order valence-corrected chi connectivity index (χ0v) is 16.1. The fourth-order valence-electron chi connectivity index (χ4n) is 4.39. The van der Waals surface area contributed by atoms with Crippen LogP contribution in [-0.4, -0.2) is 4.57 Å². The second-order valence-corrected chi connectivity index (χ2v) is 7.47. The van der Waals surface area contributed by atoms with E-state index in [0.717, 1.165) is 39.3 Å². The molecule has 0 saturated carbocycles. The van der Waals surface area contributed by atoms with Crippen molar-refractivity contribution in [3.8, 4) is 0 Å². The van der Waals surface area contributed by atoms with Crippen LogP contribution in [0.5, 0.6) is 0 Å². The predicted molar refractivity (Wildman–Crippen MR) is 121 cm³/mol. The van der Waals surface area contributed by atoms with Crippen LogP contribution in [0, 0.1) is 0 Å². The Morgan fingerprint density at radius 3 is 2.62 bits per heavy atom. The molecule has 0 aliphatic heterocycles. The van der Waals surface area contributed by atoms with Crippen molar-refractivity contribution in [3.63, 3.8) is 0 Å². The minimum atomic E-state index is 0.863. The first-order valence-electron chi connectivity index (χ1n) is 9.95. The zero-order chi connectivity index (χ0) is 19.4. The van der Waals surface area contributed by atoms with E-state index in [1.807, 2.05) is 18.2 Å². The molecule has 2 heterocycles. The van der Waals surface area contributed by atoms with Crippen LogP contribution in [0.1, 0.15) is 18.1 Å². The van der Waals surface area contributed by atoms with Gasteiger partial charge in [0.2, 0.25) is 0 Å². The first kappa shape index (κ1) is 16.2. The van der Waals surface area contributed by atoms with Crippen LogP contribution in [0.4, 0.5) is 0 Å². The van der Waals surface area contributed by atoms with Gasteiger partial charge >= 0.3 is 0 Å². The van der Waals surface area contributed by atoms with E-state index in [1.165, 1.54) is 21.8 Å². The Balaban J connectivity index is 1.71. The number of para-hydroxylation sites is 2. The number of hydrogen-bond acceptors (Lipinski definition) is 1. The Bertz CT molecular complexity index is 1620. The third-order valence-corrected chi connectivity index (χ3v) is 5.78. The van der Waals surface area contributed by atoms with E-state index in [1.54, 1.807) is 0 Å². The molecule has 0 amide bonds. The van der Waals surface area contributed by atoms with Gasteiger partial charge in [-0.15, -0.1) is 5.73 Å². The van der Waals surface area contributed by atoms with Gasteiger partial charge in [-0.2, -0.15) is 0 Å². The van der Waals surface area contributed by atoms with Crippen LogP contribution >= 0.6 is 0 Å². The normalized spacial score (nSPS) is 12.9. The molecule has 0 radical (unpaired) electrons. The maximum atomic E-state index is 6.13. The Labute approximate surface area is 168 Å². The number of rotatable bonds is 2. The predicted octanol–water partition coefficient (Wildman–Crippen LogP) is 5.35. The zero-order valence-electron chi connectivity index (χ0n) is 16.1. The lowest BCUT2D eigenvalue weighted by atomic mass is 10.0. The van der Waals surface area contributed by atoms with Crippen LogP contribution in [0.3, 0.4) is 0 Å². The maximum absolute atomic E-state index is 6.13. The van der Waals surface area contributed by atoms with Crippen molar-refractivity contribution in [2.24, 2.45) is 0 Å². The van der Waals surface area contributed by atoms with Gasteiger partial charge in [-0.3, -0.25) is 0 Å². The summed E-state index contributed by atoms with van der Waals surface area (Å²) in [6, 6.07) is 21.4. The van der Waals surface area contributed by atoms with Gasteiger partial charge in [0.1, 0.15) is 11.0 Å². The molecule has 0 atom stereocenters. The third-order valence-electron chi connectivity index (χ3n) is 5.78. The average molecular weight is 373 g/mol. The highest BCUT2D eigenvalue weighted by molar-refractivity contribution is 6.09. The van der Waals surface area contributed by atoms with Gasteiger partial charge in [0.25, 0.3) is 0 Å². The summed E-state index contributed by atoms with van der Waals surface area (Å²) < 4.78 is 8.52. The summed E-state index contributed by atoms with van der Waals surface area (Å²) in [5.74, 6) is 0. The van der Waals surface area contributed by atoms with E-state index in [-0.39, 0.29) is 0 Å². The summed E-state index contributed by atoms with van der Waals surface area (Å²) in [5, 5.41) is 4.69. The first-order valence-corrected chi connectivity index (χ1v) is 9.95.